The van der Waals surface area contributed by atoms with Gasteiger partial charge in [-0.25, -0.2) is 8.42 Å². The van der Waals surface area contributed by atoms with Crippen molar-refractivity contribution in [3.8, 4) is 0 Å². The number of carboxylic acids is 1. The maximum atomic E-state index is 11.5. The predicted molar refractivity (Wildman–Crippen MR) is 61.1 cm³/mol. The van der Waals surface area contributed by atoms with Crippen LogP contribution in [0.1, 0.15) is 20.3 Å². The standard InChI is InChI=1S/C10H19NO4S/c1-8(2)6-11-3-4-16(14,15)7-9(11)5-10(12)13/h8-9H,3-7H2,1-2H3,(H,12,13). The van der Waals surface area contributed by atoms with Crippen LogP contribution < -0.4 is 0 Å². The maximum absolute atomic E-state index is 11.5. The molecule has 6 heteroatoms. The van der Waals surface area contributed by atoms with Gasteiger partial charge in [0.2, 0.25) is 0 Å². The van der Waals surface area contributed by atoms with Crippen molar-refractivity contribution < 1.29 is 18.3 Å². The van der Waals surface area contributed by atoms with Crippen LogP contribution in [0.3, 0.4) is 0 Å². The molecule has 1 unspecified atom stereocenters. The van der Waals surface area contributed by atoms with Crippen LogP contribution in [-0.4, -0.2) is 55.0 Å². The number of nitrogens with zero attached hydrogens (tertiary/aromatic N) is 1. The smallest absolute Gasteiger partial charge is 0.304 e. The van der Waals surface area contributed by atoms with Gasteiger partial charge in [0.05, 0.1) is 17.9 Å². The summed E-state index contributed by atoms with van der Waals surface area (Å²) >= 11 is 0. The molecule has 0 aromatic carbocycles. The molecule has 5 nitrogen and oxygen atoms in total. The highest BCUT2D eigenvalue weighted by Gasteiger charge is 2.32. The molecule has 0 aromatic heterocycles. The van der Waals surface area contributed by atoms with Crippen LogP contribution in [0, 0.1) is 5.92 Å². The summed E-state index contributed by atoms with van der Waals surface area (Å²) in [5, 5.41) is 8.77. The number of carbonyl (C=O) groups is 1. The van der Waals surface area contributed by atoms with Gasteiger partial charge in [0.25, 0.3) is 0 Å². The Morgan fingerprint density at radius 2 is 2.12 bits per heavy atom. The Bertz CT molecular complexity index is 350. The number of hydrogen-bond acceptors (Lipinski definition) is 4. The van der Waals surface area contributed by atoms with E-state index in [0.717, 1.165) is 6.54 Å². The van der Waals surface area contributed by atoms with Crippen molar-refractivity contribution >= 4 is 15.8 Å². The van der Waals surface area contributed by atoms with Gasteiger partial charge in [-0.3, -0.25) is 9.69 Å². The van der Waals surface area contributed by atoms with E-state index in [4.69, 9.17) is 5.11 Å². The van der Waals surface area contributed by atoms with Crippen molar-refractivity contribution in [2.75, 3.05) is 24.6 Å². The number of hydrogen-bond donors (Lipinski definition) is 1. The van der Waals surface area contributed by atoms with E-state index >= 15 is 0 Å². The summed E-state index contributed by atoms with van der Waals surface area (Å²) in [5.74, 6) is -0.394. The van der Waals surface area contributed by atoms with Crippen LogP contribution in [0.15, 0.2) is 0 Å². The molecule has 1 aliphatic heterocycles. The first-order chi connectivity index (χ1) is 7.30. The third-order valence-electron chi connectivity index (χ3n) is 2.66. The number of rotatable bonds is 4. The minimum absolute atomic E-state index is 0.0218. The van der Waals surface area contributed by atoms with Crippen LogP contribution in [0.2, 0.25) is 0 Å². The first-order valence-corrected chi connectivity index (χ1v) is 7.28. The lowest BCUT2D eigenvalue weighted by atomic mass is 10.1. The van der Waals surface area contributed by atoms with Gasteiger partial charge in [-0.2, -0.15) is 0 Å². The first-order valence-electron chi connectivity index (χ1n) is 5.46. The lowest BCUT2D eigenvalue weighted by Crippen LogP contribution is -2.50. The SMILES string of the molecule is CC(C)CN1CCS(=O)(=O)CC1CC(=O)O. The fourth-order valence-electron chi connectivity index (χ4n) is 2.02. The zero-order valence-corrected chi connectivity index (χ0v) is 10.5. The molecule has 16 heavy (non-hydrogen) atoms. The Hall–Kier alpha value is -0.620. The van der Waals surface area contributed by atoms with Gasteiger partial charge in [-0.15, -0.1) is 0 Å². The third-order valence-corrected chi connectivity index (χ3v) is 4.36. The molecule has 0 aliphatic carbocycles. The lowest BCUT2D eigenvalue weighted by molar-refractivity contribution is -0.138. The molecule has 1 atom stereocenters. The summed E-state index contributed by atoms with van der Waals surface area (Å²) in [7, 11) is -3.05. The molecule has 1 heterocycles. The molecular weight excluding hydrogens is 230 g/mol. The van der Waals surface area contributed by atoms with E-state index < -0.39 is 15.8 Å². The fraction of sp³-hybridized carbons (Fsp3) is 0.900. The van der Waals surface area contributed by atoms with Crippen molar-refractivity contribution in [1.29, 1.82) is 0 Å². The van der Waals surface area contributed by atoms with Crippen molar-refractivity contribution in [3.63, 3.8) is 0 Å². The van der Waals surface area contributed by atoms with Crippen LogP contribution in [0.5, 0.6) is 0 Å². The van der Waals surface area contributed by atoms with E-state index in [9.17, 15) is 13.2 Å². The van der Waals surface area contributed by atoms with Crippen LogP contribution in [0.25, 0.3) is 0 Å². The summed E-state index contributed by atoms with van der Waals surface area (Å²) in [6.07, 6.45) is -0.0913. The molecule has 0 bridgehead atoms. The highest BCUT2D eigenvalue weighted by Crippen LogP contribution is 2.16. The molecule has 0 radical (unpaired) electrons. The molecule has 1 fully saturated rings. The van der Waals surface area contributed by atoms with Crippen molar-refractivity contribution in [3.05, 3.63) is 0 Å². The van der Waals surface area contributed by atoms with Gasteiger partial charge >= 0.3 is 5.97 Å². The average Bonchev–Trinajstić information content (AvgIpc) is 2.07. The van der Waals surface area contributed by atoms with E-state index in [1.807, 2.05) is 18.7 Å². The maximum Gasteiger partial charge on any atom is 0.304 e. The summed E-state index contributed by atoms with van der Waals surface area (Å²) < 4.78 is 22.9. The normalized spacial score (nSPS) is 25.8. The first kappa shape index (κ1) is 13.4. The molecule has 1 rings (SSSR count). The van der Waals surface area contributed by atoms with Crippen molar-refractivity contribution in [2.24, 2.45) is 5.92 Å². The van der Waals surface area contributed by atoms with Crippen LogP contribution in [0.4, 0.5) is 0 Å². The fourth-order valence-corrected chi connectivity index (χ4v) is 3.61. The molecule has 0 aromatic rings. The molecule has 0 saturated carbocycles. The molecular formula is C10H19NO4S. The molecule has 0 amide bonds. The van der Waals surface area contributed by atoms with Gasteiger partial charge in [-0.05, 0) is 5.92 Å². The number of sulfone groups is 1. The molecule has 1 saturated heterocycles. The molecule has 94 valence electrons. The predicted octanol–water partition coefficient (Wildman–Crippen LogP) is 0.216. The Morgan fingerprint density at radius 1 is 1.50 bits per heavy atom. The monoisotopic (exact) mass is 249 g/mol. The van der Waals surface area contributed by atoms with E-state index in [1.54, 1.807) is 0 Å². The quantitative estimate of drug-likeness (QED) is 0.771. The Kier molecular flexibility index (Phi) is 4.32. The minimum Gasteiger partial charge on any atom is -0.481 e. The summed E-state index contributed by atoms with van der Waals surface area (Å²) in [5.41, 5.74) is 0. The Morgan fingerprint density at radius 3 is 2.62 bits per heavy atom. The third kappa shape index (κ3) is 4.09. The molecule has 1 N–H and O–H groups in total. The highest BCUT2D eigenvalue weighted by molar-refractivity contribution is 7.91. The van der Waals surface area contributed by atoms with E-state index in [2.05, 4.69) is 0 Å². The zero-order valence-electron chi connectivity index (χ0n) is 9.72. The van der Waals surface area contributed by atoms with Gasteiger partial charge in [0, 0.05) is 19.1 Å². The number of carboxylic acid groups (broad SMARTS) is 1. The largest absolute Gasteiger partial charge is 0.481 e. The van der Waals surface area contributed by atoms with E-state index in [1.165, 1.54) is 0 Å². The van der Waals surface area contributed by atoms with Crippen LogP contribution >= 0.6 is 0 Å². The van der Waals surface area contributed by atoms with Gasteiger partial charge in [-0.1, -0.05) is 13.8 Å². The second-order valence-corrected chi connectivity index (χ2v) is 6.98. The second kappa shape index (κ2) is 5.14. The average molecular weight is 249 g/mol. The van der Waals surface area contributed by atoms with Crippen LogP contribution in [-0.2, 0) is 14.6 Å². The summed E-state index contributed by atoms with van der Waals surface area (Å²) in [6, 6.07) is -0.362. The Balaban J connectivity index is 2.71. The van der Waals surface area contributed by atoms with Gasteiger partial charge < -0.3 is 5.11 Å². The van der Waals surface area contributed by atoms with Crippen molar-refractivity contribution in [2.45, 2.75) is 26.3 Å². The van der Waals surface area contributed by atoms with E-state index in [-0.39, 0.29) is 24.0 Å². The van der Waals surface area contributed by atoms with Gasteiger partial charge in [0.1, 0.15) is 0 Å². The molecule has 1 aliphatic rings. The Labute approximate surface area is 96.4 Å². The second-order valence-electron chi connectivity index (χ2n) is 4.75. The summed E-state index contributed by atoms with van der Waals surface area (Å²) in [4.78, 5) is 12.7. The highest BCUT2D eigenvalue weighted by atomic mass is 32.2. The lowest BCUT2D eigenvalue weighted by Gasteiger charge is -2.35. The van der Waals surface area contributed by atoms with Crippen molar-refractivity contribution in [1.82, 2.24) is 4.90 Å². The number of aliphatic carboxylic acids is 1. The van der Waals surface area contributed by atoms with Gasteiger partial charge in [0.15, 0.2) is 9.84 Å². The summed E-state index contributed by atoms with van der Waals surface area (Å²) in [6.45, 7) is 5.30. The minimum atomic E-state index is -3.05. The zero-order chi connectivity index (χ0) is 12.3. The topological polar surface area (TPSA) is 74.7 Å². The van der Waals surface area contributed by atoms with E-state index in [0.29, 0.717) is 12.5 Å². The molecule has 0 spiro atoms.